The first-order valence-electron chi connectivity index (χ1n) is 7.23. The molecule has 3 heterocycles. The predicted molar refractivity (Wildman–Crippen MR) is 82.7 cm³/mol. The molecule has 0 atom stereocenters. The van der Waals surface area contributed by atoms with Crippen molar-refractivity contribution in [3.05, 3.63) is 29.8 Å². The summed E-state index contributed by atoms with van der Waals surface area (Å²) in [6.45, 7) is 3.02. The van der Waals surface area contributed by atoms with Crippen molar-refractivity contribution in [1.82, 2.24) is 24.5 Å². The number of H-pyrrole nitrogens is 1. The predicted octanol–water partition coefficient (Wildman–Crippen LogP) is 1.31. The highest BCUT2D eigenvalue weighted by Crippen LogP contribution is 2.28. The van der Waals surface area contributed by atoms with Gasteiger partial charge in [-0.1, -0.05) is 0 Å². The second-order valence-electron chi connectivity index (χ2n) is 5.70. The Morgan fingerprint density at radius 2 is 1.95 bits per heavy atom. The highest BCUT2D eigenvalue weighted by molar-refractivity contribution is 7.88. The van der Waals surface area contributed by atoms with E-state index >= 15 is 0 Å². The number of aryl methyl sites for hydroxylation is 1. The highest BCUT2D eigenvalue weighted by atomic mass is 32.2. The first-order chi connectivity index (χ1) is 10.4. The molecule has 0 bridgehead atoms. The van der Waals surface area contributed by atoms with Crippen molar-refractivity contribution < 1.29 is 8.42 Å². The van der Waals surface area contributed by atoms with Crippen LogP contribution in [0.2, 0.25) is 0 Å². The molecule has 22 heavy (non-hydrogen) atoms. The van der Waals surface area contributed by atoms with Crippen molar-refractivity contribution in [2.24, 2.45) is 0 Å². The van der Waals surface area contributed by atoms with Crippen molar-refractivity contribution in [3.8, 4) is 11.4 Å². The van der Waals surface area contributed by atoms with Crippen LogP contribution in [0.5, 0.6) is 0 Å². The van der Waals surface area contributed by atoms with Gasteiger partial charge < -0.3 is 0 Å². The van der Waals surface area contributed by atoms with E-state index in [0.717, 1.165) is 35.6 Å². The van der Waals surface area contributed by atoms with E-state index in [1.807, 2.05) is 13.0 Å². The summed E-state index contributed by atoms with van der Waals surface area (Å²) >= 11 is 0. The number of sulfonamides is 1. The van der Waals surface area contributed by atoms with Crippen LogP contribution in [-0.2, 0) is 10.0 Å². The molecule has 0 radical (unpaired) electrons. The largest absolute Gasteiger partial charge is 0.282 e. The number of hydrogen-bond donors (Lipinski definition) is 1. The summed E-state index contributed by atoms with van der Waals surface area (Å²) in [6, 6.07) is 1.93. The number of aromatic nitrogens is 4. The topological polar surface area (TPSA) is 91.8 Å². The number of nitrogens with zero attached hydrogens (tertiary/aromatic N) is 4. The Balaban J connectivity index is 1.77. The maximum Gasteiger partial charge on any atom is 0.211 e. The molecular formula is C14H19N5O2S. The SMILES string of the molecule is Cc1cc(-c2cncc(C3CCN(S(C)(=O)=O)CC3)n2)n[nH]1. The smallest absolute Gasteiger partial charge is 0.211 e. The highest BCUT2D eigenvalue weighted by Gasteiger charge is 2.26. The average molecular weight is 321 g/mol. The minimum Gasteiger partial charge on any atom is -0.282 e. The minimum absolute atomic E-state index is 0.241. The van der Waals surface area contributed by atoms with Crippen molar-refractivity contribution in [3.63, 3.8) is 0 Å². The van der Waals surface area contributed by atoms with Gasteiger partial charge in [0.1, 0.15) is 11.4 Å². The standard InChI is InChI=1S/C14H19N5O2S/c1-10-7-12(18-17-10)14-9-15-8-13(16-14)11-3-5-19(6-4-11)22(2,20)21/h7-9,11H,3-6H2,1-2H3,(H,17,18). The third kappa shape index (κ3) is 3.17. The lowest BCUT2D eigenvalue weighted by Crippen LogP contribution is -2.37. The van der Waals surface area contributed by atoms with Crippen LogP contribution in [0, 0.1) is 6.92 Å². The van der Waals surface area contributed by atoms with E-state index in [-0.39, 0.29) is 5.92 Å². The zero-order valence-corrected chi connectivity index (χ0v) is 13.5. The molecule has 0 spiro atoms. The fourth-order valence-electron chi connectivity index (χ4n) is 2.73. The average Bonchev–Trinajstić information content (AvgIpc) is 2.93. The van der Waals surface area contributed by atoms with Gasteiger partial charge in [-0.3, -0.25) is 10.1 Å². The first-order valence-corrected chi connectivity index (χ1v) is 9.08. The number of rotatable bonds is 3. The molecule has 118 valence electrons. The van der Waals surface area contributed by atoms with Gasteiger partial charge in [-0.2, -0.15) is 5.10 Å². The quantitative estimate of drug-likeness (QED) is 0.920. The van der Waals surface area contributed by atoms with Crippen LogP contribution in [0.4, 0.5) is 0 Å². The number of piperidine rings is 1. The minimum atomic E-state index is -3.10. The summed E-state index contributed by atoms with van der Waals surface area (Å²) < 4.78 is 24.6. The van der Waals surface area contributed by atoms with E-state index < -0.39 is 10.0 Å². The summed E-state index contributed by atoms with van der Waals surface area (Å²) in [5.74, 6) is 0.241. The van der Waals surface area contributed by atoms with Crippen LogP contribution >= 0.6 is 0 Å². The van der Waals surface area contributed by atoms with Crippen LogP contribution in [-0.4, -0.2) is 52.2 Å². The Hall–Kier alpha value is -1.80. The van der Waals surface area contributed by atoms with Gasteiger partial charge >= 0.3 is 0 Å². The molecule has 1 aliphatic heterocycles. The van der Waals surface area contributed by atoms with Gasteiger partial charge in [-0.15, -0.1) is 0 Å². The van der Waals surface area contributed by atoms with Gasteiger partial charge in [0.05, 0.1) is 18.1 Å². The molecular weight excluding hydrogens is 302 g/mol. The summed E-state index contributed by atoms with van der Waals surface area (Å²) in [4.78, 5) is 8.92. The maximum absolute atomic E-state index is 11.6. The molecule has 0 unspecified atom stereocenters. The van der Waals surface area contributed by atoms with E-state index in [1.54, 1.807) is 12.4 Å². The lowest BCUT2D eigenvalue weighted by molar-refractivity contribution is 0.318. The van der Waals surface area contributed by atoms with Crippen molar-refractivity contribution in [1.29, 1.82) is 0 Å². The Morgan fingerprint density at radius 1 is 1.23 bits per heavy atom. The summed E-state index contributed by atoms with van der Waals surface area (Å²) in [7, 11) is -3.10. The zero-order chi connectivity index (χ0) is 15.7. The van der Waals surface area contributed by atoms with E-state index in [0.29, 0.717) is 13.1 Å². The van der Waals surface area contributed by atoms with E-state index in [9.17, 15) is 8.42 Å². The first kappa shape index (κ1) is 15.1. The Bertz CT molecular complexity index is 763. The van der Waals surface area contributed by atoms with Gasteiger partial charge in [-0.05, 0) is 25.8 Å². The molecule has 1 aliphatic rings. The van der Waals surface area contributed by atoms with E-state index in [2.05, 4.69) is 20.2 Å². The fourth-order valence-corrected chi connectivity index (χ4v) is 3.61. The third-order valence-corrected chi connectivity index (χ3v) is 5.27. The molecule has 1 N–H and O–H groups in total. The number of nitrogens with one attached hydrogen (secondary N) is 1. The Kier molecular flexibility index (Phi) is 3.96. The lowest BCUT2D eigenvalue weighted by atomic mass is 9.95. The van der Waals surface area contributed by atoms with Gasteiger partial charge in [0, 0.05) is 30.9 Å². The van der Waals surface area contributed by atoms with E-state index in [4.69, 9.17) is 0 Å². The number of hydrogen-bond acceptors (Lipinski definition) is 5. The molecule has 0 amide bonds. The van der Waals surface area contributed by atoms with Crippen LogP contribution < -0.4 is 0 Å². The van der Waals surface area contributed by atoms with Crippen LogP contribution in [0.25, 0.3) is 11.4 Å². The fraction of sp³-hybridized carbons (Fsp3) is 0.500. The number of aromatic amines is 1. The summed E-state index contributed by atoms with van der Waals surface area (Å²) in [5.41, 5.74) is 3.41. The maximum atomic E-state index is 11.6. The van der Waals surface area contributed by atoms with Gasteiger partial charge in [-0.25, -0.2) is 17.7 Å². The molecule has 2 aromatic rings. The van der Waals surface area contributed by atoms with Gasteiger partial charge in [0.25, 0.3) is 0 Å². The Labute approximate surface area is 129 Å². The molecule has 1 fully saturated rings. The normalized spacial score (nSPS) is 17.7. The molecule has 0 saturated carbocycles. The van der Waals surface area contributed by atoms with Crippen molar-refractivity contribution >= 4 is 10.0 Å². The molecule has 3 rings (SSSR count). The molecule has 2 aromatic heterocycles. The molecule has 0 aliphatic carbocycles. The van der Waals surface area contributed by atoms with Gasteiger partial charge in [0.15, 0.2) is 0 Å². The van der Waals surface area contributed by atoms with E-state index in [1.165, 1.54) is 10.6 Å². The summed E-state index contributed by atoms with van der Waals surface area (Å²) in [5, 5.41) is 7.10. The lowest BCUT2D eigenvalue weighted by Gasteiger charge is -2.29. The van der Waals surface area contributed by atoms with Gasteiger partial charge in [0.2, 0.25) is 10.0 Å². The van der Waals surface area contributed by atoms with Crippen LogP contribution in [0.15, 0.2) is 18.5 Å². The van der Waals surface area contributed by atoms with Crippen LogP contribution in [0.3, 0.4) is 0 Å². The van der Waals surface area contributed by atoms with Crippen molar-refractivity contribution in [2.75, 3.05) is 19.3 Å². The Morgan fingerprint density at radius 3 is 2.55 bits per heavy atom. The monoisotopic (exact) mass is 321 g/mol. The third-order valence-electron chi connectivity index (χ3n) is 3.96. The summed E-state index contributed by atoms with van der Waals surface area (Å²) in [6.07, 6.45) is 6.26. The second kappa shape index (κ2) is 5.77. The second-order valence-corrected chi connectivity index (χ2v) is 7.68. The zero-order valence-electron chi connectivity index (χ0n) is 12.7. The molecule has 7 nitrogen and oxygen atoms in total. The molecule has 8 heteroatoms. The van der Waals surface area contributed by atoms with Crippen LogP contribution in [0.1, 0.15) is 30.1 Å². The molecule has 0 aromatic carbocycles. The van der Waals surface area contributed by atoms with Crippen molar-refractivity contribution in [2.45, 2.75) is 25.7 Å². The molecule has 1 saturated heterocycles.